The summed E-state index contributed by atoms with van der Waals surface area (Å²) in [6.45, 7) is 6.31. The molecule has 1 aromatic carbocycles. The highest BCUT2D eigenvalue weighted by molar-refractivity contribution is 5.98. The van der Waals surface area contributed by atoms with Crippen LogP contribution in [-0.4, -0.2) is 75.5 Å². The van der Waals surface area contributed by atoms with Crippen LogP contribution >= 0.6 is 0 Å². The molecule has 0 bridgehead atoms. The molecule has 1 aliphatic heterocycles. The number of benzene rings is 1. The Morgan fingerprint density at radius 1 is 1.00 bits per heavy atom. The lowest BCUT2D eigenvalue weighted by Gasteiger charge is -2.32. The van der Waals surface area contributed by atoms with Gasteiger partial charge in [0.2, 0.25) is 0 Å². The Morgan fingerprint density at radius 3 is 2.62 bits per heavy atom. The summed E-state index contributed by atoms with van der Waals surface area (Å²) in [5.41, 5.74) is 4.55. The minimum atomic E-state index is 0.0619. The second-order valence-electron chi connectivity index (χ2n) is 10.7. The number of rotatable bonds is 7. The Labute approximate surface area is 216 Å². The molecule has 190 valence electrons. The zero-order chi connectivity index (χ0) is 25.4. The number of aromatic amines is 1. The largest absolute Gasteiger partial charge is 0.493 e. The number of aromatic nitrogens is 4. The van der Waals surface area contributed by atoms with Crippen molar-refractivity contribution in [3.05, 3.63) is 71.9 Å². The summed E-state index contributed by atoms with van der Waals surface area (Å²) < 4.78 is 6.01. The van der Waals surface area contributed by atoms with Crippen LogP contribution in [0.2, 0.25) is 0 Å². The van der Waals surface area contributed by atoms with Gasteiger partial charge in [-0.2, -0.15) is 0 Å². The Hall–Kier alpha value is -3.78. The fourth-order valence-electron chi connectivity index (χ4n) is 4.65. The van der Waals surface area contributed by atoms with E-state index >= 15 is 0 Å². The molecule has 0 radical (unpaired) electrons. The van der Waals surface area contributed by atoms with Gasteiger partial charge < -0.3 is 19.5 Å². The number of hydrogen-bond donors (Lipinski definition) is 1. The van der Waals surface area contributed by atoms with Crippen LogP contribution in [0.5, 0.6) is 5.75 Å². The van der Waals surface area contributed by atoms with Gasteiger partial charge in [0, 0.05) is 67.4 Å². The van der Waals surface area contributed by atoms with Gasteiger partial charge in [-0.15, -0.1) is 0 Å². The maximum Gasteiger partial charge on any atom is 0.270 e. The molecule has 1 aliphatic carbocycles. The zero-order valence-electron chi connectivity index (χ0n) is 21.4. The van der Waals surface area contributed by atoms with E-state index in [9.17, 15) is 4.79 Å². The maximum absolute atomic E-state index is 13.0. The van der Waals surface area contributed by atoms with Crippen molar-refractivity contribution in [2.45, 2.75) is 26.2 Å². The molecule has 1 amide bonds. The number of amides is 1. The van der Waals surface area contributed by atoms with Crippen LogP contribution in [0.4, 0.5) is 0 Å². The van der Waals surface area contributed by atoms with Gasteiger partial charge in [-0.05, 0) is 55.8 Å². The molecule has 0 unspecified atom stereocenters. The van der Waals surface area contributed by atoms with E-state index in [4.69, 9.17) is 9.72 Å². The molecule has 2 fully saturated rings. The normalized spacial score (nSPS) is 17.2. The fraction of sp³-hybridized carbons (Fsp3) is 0.379. The highest BCUT2D eigenvalue weighted by atomic mass is 16.5. The van der Waals surface area contributed by atoms with E-state index in [2.05, 4.69) is 46.0 Å². The van der Waals surface area contributed by atoms with E-state index < -0.39 is 0 Å². The molecule has 0 atom stereocenters. The van der Waals surface area contributed by atoms with Crippen LogP contribution in [0.15, 0.2) is 54.9 Å². The number of piperazine rings is 1. The number of fused-ring (bicyclic) bond motifs is 1. The first kappa shape index (κ1) is 23.6. The van der Waals surface area contributed by atoms with Crippen molar-refractivity contribution in [3.8, 4) is 17.1 Å². The number of ether oxygens (including phenoxy) is 1. The highest BCUT2D eigenvalue weighted by Crippen LogP contribution is 2.45. The third kappa shape index (κ3) is 5.34. The Bertz CT molecular complexity index is 1440. The van der Waals surface area contributed by atoms with E-state index in [-0.39, 0.29) is 5.91 Å². The van der Waals surface area contributed by atoms with E-state index in [0.29, 0.717) is 17.5 Å². The molecule has 37 heavy (non-hydrogen) atoms. The number of hydrogen-bond acceptors (Lipinski definition) is 6. The van der Waals surface area contributed by atoms with Gasteiger partial charge in [0.15, 0.2) is 0 Å². The van der Waals surface area contributed by atoms with E-state index in [1.165, 1.54) is 12.8 Å². The summed E-state index contributed by atoms with van der Waals surface area (Å²) in [4.78, 5) is 34.2. The van der Waals surface area contributed by atoms with Crippen LogP contribution in [0.3, 0.4) is 0 Å². The summed E-state index contributed by atoms with van der Waals surface area (Å²) in [6, 6.07) is 13.9. The molecular formula is C29H32N6O2. The first-order valence-electron chi connectivity index (χ1n) is 12.9. The number of carbonyl (C=O) groups is 1. The zero-order valence-corrected chi connectivity index (χ0v) is 21.4. The SMILES string of the molecule is CN1CCN(C(=O)c2cc3cc(Cc4nccc(-c5cc(OCC6(C)CC6)ccn5)n4)ccc3[nH]2)CC1. The van der Waals surface area contributed by atoms with Crippen molar-refractivity contribution < 1.29 is 9.53 Å². The molecule has 1 saturated carbocycles. The van der Waals surface area contributed by atoms with Crippen LogP contribution < -0.4 is 4.74 Å². The number of nitrogens with zero attached hydrogens (tertiary/aromatic N) is 5. The Kier molecular flexibility index (Phi) is 6.12. The molecule has 4 heterocycles. The van der Waals surface area contributed by atoms with Gasteiger partial charge in [-0.25, -0.2) is 9.97 Å². The molecule has 0 spiro atoms. The molecule has 3 aromatic heterocycles. The van der Waals surface area contributed by atoms with Gasteiger partial charge in [0.05, 0.1) is 18.0 Å². The second kappa shape index (κ2) is 9.59. The third-order valence-electron chi connectivity index (χ3n) is 7.46. The van der Waals surface area contributed by atoms with E-state index in [1.54, 1.807) is 12.4 Å². The number of carbonyl (C=O) groups excluding carboxylic acids is 1. The van der Waals surface area contributed by atoms with Crippen molar-refractivity contribution in [1.82, 2.24) is 29.7 Å². The van der Waals surface area contributed by atoms with Crippen LogP contribution in [0.25, 0.3) is 22.3 Å². The van der Waals surface area contributed by atoms with Gasteiger partial charge in [0.25, 0.3) is 5.91 Å². The monoisotopic (exact) mass is 496 g/mol. The first-order chi connectivity index (χ1) is 17.9. The standard InChI is InChI=1S/C29H32N6O2/c1-29(7-8-29)19-37-22-5-9-30-25(18-22)24-6-10-31-27(33-24)16-20-3-4-23-21(15-20)17-26(32-23)28(36)35-13-11-34(2)12-14-35/h3-6,9-10,15,17-18,32H,7-8,11-14,16,19H2,1-2H3. The molecule has 8 heteroatoms. The minimum absolute atomic E-state index is 0.0619. The Morgan fingerprint density at radius 2 is 1.81 bits per heavy atom. The summed E-state index contributed by atoms with van der Waals surface area (Å²) in [6.07, 6.45) is 6.58. The van der Waals surface area contributed by atoms with Crippen LogP contribution in [-0.2, 0) is 6.42 Å². The van der Waals surface area contributed by atoms with Crippen LogP contribution in [0.1, 0.15) is 41.6 Å². The van der Waals surface area contributed by atoms with Gasteiger partial charge in [-0.1, -0.05) is 13.0 Å². The number of H-pyrrole nitrogens is 1. The smallest absolute Gasteiger partial charge is 0.270 e. The lowest BCUT2D eigenvalue weighted by molar-refractivity contribution is 0.0659. The van der Waals surface area contributed by atoms with Gasteiger partial charge in [-0.3, -0.25) is 9.78 Å². The van der Waals surface area contributed by atoms with E-state index in [1.807, 2.05) is 35.2 Å². The quantitative estimate of drug-likeness (QED) is 0.413. The van der Waals surface area contributed by atoms with Gasteiger partial charge >= 0.3 is 0 Å². The predicted octanol–water partition coefficient (Wildman–Crippen LogP) is 4.18. The molecule has 2 aliphatic rings. The summed E-state index contributed by atoms with van der Waals surface area (Å²) in [5.74, 6) is 1.60. The number of likely N-dealkylation sites (N-methyl/N-ethyl adjacent to an activating group) is 1. The molecule has 1 saturated heterocycles. The second-order valence-corrected chi connectivity index (χ2v) is 10.7. The lowest BCUT2D eigenvalue weighted by Crippen LogP contribution is -2.47. The third-order valence-corrected chi connectivity index (χ3v) is 7.46. The fourth-order valence-corrected chi connectivity index (χ4v) is 4.65. The topological polar surface area (TPSA) is 87.2 Å². The summed E-state index contributed by atoms with van der Waals surface area (Å²) >= 11 is 0. The first-order valence-corrected chi connectivity index (χ1v) is 12.9. The highest BCUT2D eigenvalue weighted by Gasteiger charge is 2.38. The average Bonchev–Trinajstić information content (AvgIpc) is 3.50. The molecule has 4 aromatic rings. The van der Waals surface area contributed by atoms with Gasteiger partial charge in [0.1, 0.15) is 17.3 Å². The number of nitrogens with one attached hydrogen (secondary N) is 1. The molecule has 1 N–H and O–H groups in total. The Balaban J connectivity index is 1.16. The number of pyridine rings is 1. The molecule has 6 rings (SSSR count). The minimum Gasteiger partial charge on any atom is -0.493 e. The maximum atomic E-state index is 13.0. The summed E-state index contributed by atoms with van der Waals surface area (Å²) in [7, 11) is 2.09. The summed E-state index contributed by atoms with van der Waals surface area (Å²) in [5, 5.41) is 1.02. The predicted molar refractivity (Wildman–Crippen MR) is 143 cm³/mol. The molecule has 8 nitrogen and oxygen atoms in total. The average molecular weight is 497 g/mol. The van der Waals surface area contributed by atoms with Crippen molar-refractivity contribution in [3.63, 3.8) is 0 Å². The van der Waals surface area contributed by atoms with Crippen molar-refractivity contribution >= 4 is 16.8 Å². The van der Waals surface area contributed by atoms with Crippen molar-refractivity contribution in [1.29, 1.82) is 0 Å². The lowest BCUT2D eigenvalue weighted by atomic mass is 10.1. The molecular weight excluding hydrogens is 464 g/mol. The van der Waals surface area contributed by atoms with E-state index in [0.717, 1.165) is 72.2 Å². The van der Waals surface area contributed by atoms with Crippen LogP contribution in [0, 0.1) is 5.41 Å². The van der Waals surface area contributed by atoms with Crippen molar-refractivity contribution in [2.75, 3.05) is 39.8 Å². The van der Waals surface area contributed by atoms with Crippen molar-refractivity contribution in [2.24, 2.45) is 5.41 Å².